The molecule has 0 heterocycles. The predicted molar refractivity (Wildman–Crippen MR) is 86.4 cm³/mol. The van der Waals surface area contributed by atoms with Gasteiger partial charge in [0.25, 0.3) is 0 Å². The number of hydrogen-bond acceptors (Lipinski definition) is 4. The highest BCUT2D eigenvalue weighted by Gasteiger charge is 2.35. The highest BCUT2D eigenvalue weighted by molar-refractivity contribution is 7.91. The van der Waals surface area contributed by atoms with Gasteiger partial charge in [0.15, 0.2) is 9.84 Å². The average Bonchev–Trinajstić information content (AvgIpc) is 2.50. The molecule has 4 nitrogen and oxygen atoms in total. The van der Waals surface area contributed by atoms with E-state index in [4.69, 9.17) is 16.3 Å². The van der Waals surface area contributed by atoms with E-state index in [-0.39, 0.29) is 17.9 Å². The van der Waals surface area contributed by atoms with Crippen LogP contribution in [0.3, 0.4) is 0 Å². The van der Waals surface area contributed by atoms with E-state index in [0.29, 0.717) is 23.4 Å². The number of ether oxygens (including phenoxy) is 1. The van der Waals surface area contributed by atoms with Gasteiger partial charge in [-0.15, -0.1) is 0 Å². The van der Waals surface area contributed by atoms with Crippen LogP contribution in [0.25, 0.3) is 0 Å². The van der Waals surface area contributed by atoms with Crippen LogP contribution in [-0.4, -0.2) is 26.2 Å². The van der Waals surface area contributed by atoms with Crippen molar-refractivity contribution in [1.29, 1.82) is 0 Å². The maximum absolute atomic E-state index is 12.7. The Morgan fingerprint density at radius 2 is 2.09 bits per heavy atom. The SMILES string of the molecule is CCOC(=O)C1=CCCCC1S(=O)(=O)Cc1ccccc1Cl. The Bertz CT molecular complexity index is 679. The highest BCUT2D eigenvalue weighted by atomic mass is 35.5. The van der Waals surface area contributed by atoms with Crippen LogP contribution in [-0.2, 0) is 25.1 Å². The lowest BCUT2D eigenvalue weighted by atomic mass is 9.99. The zero-order valence-electron chi connectivity index (χ0n) is 12.4. The zero-order chi connectivity index (χ0) is 16.2. The summed E-state index contributed by atoms with van der Waals surface area (Å²) in [6.07, 6.45) is 3.58. The Kier molecular flexibility index (Phi) is 5.64. The molecular formula is C16H19ClO4S. The summed E-state index contributed by atoms with van der Waals surface area (Å²) >= 11 is 6.05. The average molecular weight is 343 g/mol. The van der Waals surface area contributed by atoms with Crippen LogP contribution in [0.1, 0.15) is 31.7 Å². The molecule has 1 aliphatic carbocycles. The molecule has 6 heteroatoms. The predicted octanol–water partition coefficient (Wildman–Crippen LogP) is 3.30. The lowest BCUT2D eigenvalue weighted by Crippen LogP contribution is -2.31. The van der Waals surface area contributed by atoms with Crippen molar-refractivity contribution in [3.8, 4) is 0 Å². The molecule has 0 spiro atoms. The Balaban J connectivity index is 2.27. The Morgan fingerprint density at radius 1 is 1.36 bits per heavy atom. The minimum absolute atomic E-state index is 0.173. The fourth-order valence-corrected chi connectivity index (χ4v) is 4.86. The number of hydrogen-bond donors (Lipinski definition) is 0. The van der Waals surface area contributed by atoms with Gasteiger partial charge in [-0.25, -0.2) is 13.2 Å². The molecule has 0 saturated heterocycles. The molecule has 0 aliphatic heterocycles. The molecule has 22 heavy (non-hydrogen) atoms. The van der Waals surface area contributed by atoms with Gasteiger partial charge in [0.05, 0.1) is 23.2 Å². The van der Waals surface area contributed by atoms with Crippen molar-refractivity contribution < 1.29 is 17.9 Å². The molecule has 1 unspecified atom stereocenters. The van der Waals surface area contributed by atoms with Gasteiger partial charge in [-0.05, 0) is 37.8 Å². The van der Waals surface area contributed by atoms with Gasteiger partial charge < -0.3 is 4.74 Å². The maximum Gasteiger partial charge on any atom is 0.335 e. The van der Waals surface area contributed by atoms with Crippen LogP contribution in [0.5, 0.6) is 0 Å². The second-order valence-corrected chi connectivity index (χ2v) is 7.79. The van der Waals surface area contributed by atoms with Crippen LogP contribution < -0.4 is 0 Å². The van der Waals surface area contributed by atoms with Crippen molar-refractivity contribution in [3.05, 3.63) is 46.5 Å². The van der Waals surface area contributed by atoms with E-state index < -0.39 is 21.1 Å². The summed E-state index contributed by atoms with van der Waals surface area (Å²) in [4.78, 5) is 12.0. The number of rotatable bonds is 5. The number of carbonyl (C=O) groups excluding carboxylic acids is 1. The lowest BCUT2D eigenvalue weighted by Gasteiger charge is -2.23. The second-order valence-electron chi connectivity index (χ2n) is 5.20. The normalized spacial score (nSPS) is 18.6. The highest BCUT2D eigenvalue weighted by Crippen LogP contribution is 2.29. The van der Waals surface area contributed by atoms with Gasteiger partial charge in [-0.3, -0.25) is 0 Å². The quantitative estimate of drug-likeness (QED) is 0.770. The summed E-state index contributed by atoms with van der Waals surface area (Å²) in [6.45, 7) is 1.93. The smallest absolute Gasteiger partial charge is 0.335 e. The van der Waals surface area contributed by atoms with Gasteiger partial charge in [-0.2, -0.15) is 0 Å². The first-order chi connectivity index (χ1) is 10.5. The number of esters is 1. The van der Waals surface area contributed by atoms with Gasteiger partial charge >= 0.3 is 5.97 Å². The molecule has 0 aromatic heterocycles. The molecule has 0 fully saturated rings. The summed E-state index contributed by atoms with van der Waals surface area (Å²) in [5.41, 5.74) is 0.818. The molecule has 120 valence electrons. The van der Waals surface area contributed by atoms with E-state index in [2.05, 4.69) is 0 Å². The summed E-state index contributed by atoms with van der Waals surface area (Å²) in [6, 6.07) is 6.86. The van der Waals surface area contributed by atoms with Crippen molar-refractivity contribution in [2.45, 2.75) is 37.2 Å². The molecule has 0 saturated carbocycles. The van der Waals surface area contributed by atoms with Crippen molar-refractivity contribution >= 4 is 27.4 Å². The third kappa shape index (κ3) is 3.90. The molecule has 1 atom stereocenters. The third-order valence-corrected chi connectivity index (χ3v) is 6.08. The number of halogens is 1. The molecular weight excluding hydrogens is 324 g/mol. The first kappa shape index (κ1) is 17.0. The zero-order valence-corrected chi connectivity index (χ0v) is 14.0. The second kappa shape index (κ2) is 7.29. The van der Waals surface area contributed by atoms with Crippen LogP contribution >= 0.6 is 11.6 Å². The Morgan fingerprint density at radius 3 is 2.77 bits per heavy atom. The van der Waals surface area contributed by atoms with E-state index in [9.17, 15) is 13.2 Å². The van der Waals surface area contributed by atoms with Gasteiger partial charge in [-0.1, -0.05) is 35.9 Å². The third-order valence-electron chi connectivity index (χ3n) is 3.64. The summed E-state index contributed by atoms with van der Waals surface area (Å²) in [7, 11) is -3.52. The van der Waals surface area contributed by atoms with Crippen LogP contribution in [0.2, 0.25) is 5.02 Å². The molecule has 0 radical (unpaired) electrons. The summed E-state index contributed by atoms with van der Waals surface area (Å²) < 4.78 is 30.4. The first-order valence-corrected chi connectivity index (χ1v) is 9.37. The fraction of sp³-hybridized carbons (Fsp3) is 0.438. The molecule has 0 amide bonds. The van der Waals surface area contributed by atoms with Gasteiger partial charge in [0.1, 0.15) is 0 Å². The number of carbonyl (C=O) groups is 1. The summed E-state index contributed by atoms with van der Waals surface area (Å²) in [5.74, 6) is -0.705. The minimum Gasteiger partial charge on any atom is -0.463 e. The van der Waals surface area contributed by atoms with E-state index in [1.54, 1.807) is 37.3 Å². The molecule has 1 aromatic carbocycles. The number of benzene rings is 1. The minimum atomic E-state index is -3.52. The Labute approximate surface area is 136 Å². The largest absolute Gasteiger partial charge is 0.463 e. The van der Waals surface area contributed by atoms with Gasteiger partial charge in [0, 0.05) is 5.02 Å². The van der Waals surface area contributed by atoms with Crippen molar-refractivity contribution in [2.24, 2.45) is 0 Å². The molecule has 2 rings (SSSR count). The maximum atomic E-state index is 12.7. The van der Waals surface area contributed by atoms with E-state index >= 15 is 0 Å². The monoisotopic (exact) mass is 342 g/mol. The topological polar surface area (TPSA) is 60.4 Å². The van der Waals surface area contributed by atoms with E-state index in [1.807, 2.05) is 0 Å². The van der Waals surface area contributed by atoms with Gasteiger partial charge in [0.2, 0.25) is 0 Å². The van der Waals surface area contributed by atoms with Crippen molar-refractivity contribution in [1.82, 2.24) is 0 Å². The Hall–Kier alpha value is -1.33. The summed E-state index contributed by atoms with van der Waals surface area (Å²) in [5, 5.41) is -0.389. The number of sulfone groups is 1. The van der Waals surface area contributed by atoms with Crippen LogP contribution in [0, 0.1) is 0 Å². The fourth-order valence-electron chi connectivity index (χ4n) is 2.58. The molecule has 0 N–H and O–H groups in total. The van der Waals surface area contributed by atoms with Crippen LogP contribution in [0.4, 0.5) is 0 Å². The number of allylic oxidation sites excluding steroid dienone is 1. The standard InChI is InChI=1S/C16H19ClO4S/c1-2-21-16(18)13-8-4-6-10-15(13)22(19,20)11-12-7-3-5-9-14(12)17/h3,5,7-9,15H,2,4,6,10-11H2,1H3. The van der Waals surface area contributed by atoms with E-state index in [1.165, 1.54) is 0 Å². The van der Waals surface area contributed by atoms with E-state index in [0.717, 1.165) is 6.42 Å². The molecule has 1 aromatic rings. The first-order valence-electron chi connectivity index (χ1n) is 7.28. The van der Waals surface area contributed by atoms with Crippen molar-refractivity contribution in [2.75, 3.05) is 6.61 Å². The van der Waals surface area contributed by atoms with Crippen molar-refractivity contribution in [3.63, 3.8) is 0 Å². The van der Waals surface area contributed by atoms with Crippen LogP contribution in [0.15, 0.2) is 35.9 Å². The molecule has 1 aliphatic rings. The lowest BCUT2D eigenvalue weighted by molar-refractivity contribution is -0.138. The molecule has 0 bridgehead atoms.